The average molecular weight is 261 g/mol. The van der Waals surface area contributed by atoms with Crippen molar-refractivity contribution in [2.75, 3.05) is 39.1 Å². The third kappa shape index (κ3) is 3.07. The van der Waals surface area contributed by atoms with Crippen LogP contribution in [0, 0.1) is 0 Å². The van der Waals surface area contributed by atoms with Crippen molar-refractivity contribution < 1.29 is 4.79 Å². The summed E-state index contributed by atoms with van der Waals surface area (Å²) in [7, 11) is 5.62. The molecule has 0 aromatic heterocycles. The molecule has 1 unspecified atom stereocenters. The van der Waals surface area contributed by atoms with Crippen LogP contribution in [0.15, 0.2) is 24.3 Å². The average Bonchev–Trinajstić information content (AvgIpc) is 2.58. The predicted octanol–water partition coefficient (Wildman–Crippen LogP) is 1.64. The lowest BCUT2D eigenvalue weighted by Crippen LogP contribution is -2.37. The van der Waals surface area contributed by atoms with Crippen molar-refractivity contribution >= 4 is 11.6 Å². The molecule has 1 aromatic carbocycles. The van der Waals surface area contributed by atoms with Gasteiger partial charge in [-0.1, -0.05) is 18.2 Å². The predicted molar refractivity (Wildman–Crippen MR) is 78.4 cm³/mol. The van der Waals surface area contributed by atoms with Gasteiger partial charge in [0.15, 0.2) is 0 Å². The van der Waals surface area contributed by atoms with E-state index in [0.717, 1.165) is 19.4 Å². The highest BCUT2D eigenvalue weighted by Crippen LogP contribution is 2.32. The highest BCUT2D eigenvalue weighted by Gasteiger charge is 2.23. The van der Waals surface area contributed by atoms with Crippen LogP contribution in [-0.4, -0.2) is 45.0 Å². The molecule has 1 aliphatic heterocycles. The number of hydrogen-bond acceptors (Lipinski definition) is 3. The Bertz CT molecular complexity index is 445. The van der Waals surface area contributed by atoms with Crippen molar-refractivity contribution in [3.8, 4) is 0 Å². The Balaban J connectivity index is 2.27. The standard InChI is InChI=1S/C15H23N3O/c1-16-13-8-6-10-18(11-15(19)17(2)3)14-9-5-4-7-12(13)14/h4-5,7,9,13,16H,6,8,10-11H2,1-3H3. The van der Waals surface area contributed by atoms with Crippen molar-refractivity contribution in [1.29, 1.82) is 0 Å². The molecule has 1 aromatic rings. The van der Waals surface area contributed by atoms with Crippen molar-refractivity contribution in [3.05, 3.63) is 29.8 Å². The molecule has 2 rings (SSSR count). The molecule has 0 bridgehead atoms. The van der Waals surface area contributed by atoms with E-state index in [1.807, 2.05) is 27.2 Å². The minimum Gasteiger partial charge on any atom is -0.362 e. The van der Waals surface area contributed by atoms with E-state index in [1.165, 1.54) is 11.3 Å². The zero-order valence-corrected chi connectivity index (χ0v) is 12.0. The number of benzene rings is 1. The molecule has 19 heavy (non-hydrogen) atoms. The summed E-state index contributed by atoms with van der Waals surface area (Å²) < 4.78 is 0. The molecule has 1 atom stereocenters. The van der Waals surface area contributed by atoms with Crippen LogP contribution in [0.5, 0.6) is 0 Å². The minimum atomic E-state index is 0.151. The molecule has 1 N–H and O–H groups in total. The van der Waals surface area contributed by atoms with Crippen LogP contribution in [-0.2, 0) is 4.79 Å². The summed E-state index contributed by atoms with van der Waals surface area (Å²) in [4.78, 5) is 15.8. The molecule has 4 nitrogen and oxygen atoms in total. The van der Waals surface area contributed by atoms with E-state index in [4.69, 9.17) is 0 Å². The number of para-hydroxylation sites is 1. The highest BCUT2D eigenvalue weighted by molar-refractivity contribution is 5.81. The molecule has 1 aliphatic rings. The Morgan fingerprint density at radius 3 is 2.84 bits per heavy atom. The summed E-state index contributed by atoms with van der Waals surface area (Å²) in [5, 5.41) is 3.37. The summed E-state index contributed by atoms with van der Waals surface area (Å²) in [5.41, 5.74) is 2.49. The van der Waals surface area contributed by atoms with E-state index < -0.39 is 0 Å². The largest absolute Gasteiger partial charge is 0.362 e. The second-order valence-electron chi connectivity index (χ2n) is 5.25. The first-order valence-corrected chi connectivity index (χ1v) is 6.84. The van der Waals surface area contributed by atoms with E-state index in [2.05, 4.69) is 28.4 Å². The summed E-state index contributed by atoms with van der Waals surface area (Å²) >= 11 is 0. The molecular formula is C15H23N3O. The lowest BCUT2D eigenvalue weighted by molar-refractivity contribution is -0.127. The van der Waals surface area contributed by atoms with Crippen LogP contribution < -0.4 is 10.2 Å². The minimum absolute atomic E-state index is 0.151. The van der Waals surface area contributed by atoms with Crippen molar-refractivity contribution in [2.45, 2.75) is 18.9 Å². The normalized spacial score (nSPS) is 18.7. The number of nitrogens with zero attached hydrogens (tertiary/aromatic N) is 2. The van der Waals surface area contributed by atoms with Gasteiger partial charge in [0.2, 0.25) is 5.91 Å². The van der Waals surface area contributed by atoms with Crippen LogP contribution in [0.4, 0.5) is 5.69 Å². The first-order chi connectivity index (χ1) is 9.13. The molecule has 0 spiro atoms. The number of hydrogen-bond donors (Lipinski definition) is 1. The van der Waals surface area contributed by atoms with Crippen LogP contribution in [0.1, 0.15) is 24.4 Å². The molecule has 0 saturated carbocycles. The van der Waals surface area contributed by atoms with E-state index in [0.29, 0.717) is 12.6 Å². The maximum Gasteiger partial charge on any atom is 0.241 e. The van der Waals surface area contributed by atoms with Gasteiger partial charge in [-0.15, -0.1) is 0 Å². The molecule has 1 heterocycles. The first-order valence-electron chi connectivity index (χ1n) is 6.84. The molecule has 0 radical (unpaired) electrons. The number of amides is 1. The summed E-state index contributed by atoms with van der Waals surface area (Å²) in [6.45, 7) is 1.40. The van der Waals surface area contributed by atoms with Crippen LogP contribution in [0.2, 0.25) is 0 Å². The third-order valence-electron chi connectivity index (χ3n) is 3.75. The summed E-state index contributed by atoms with van der Waals surface area (Å²) in [6, 6.07) is 8.78. The second kappa shape index (κ2) is 6.06. The fourth-order valence-corrected chi connectivity index (χ4v) is 2.60. The Hall–Kier alpha value is -1.55. The van der Waals surface area contributed by atoms with Gasteiger partial charge >= 0.3 is 0 Å². The number of nitrogens with one attached hydrogen (secondary N) is 1. The smallest absolute Gasteiger partial charge is 0.241 e. The van der Waals surface area contributed by atoms with E-state index >= 15 is 0 Å². The number of anilines is 1. The van der Waals surface area contributed by atoms with Crippen LogP contribution in [0.25, 0.3) is 0 Å². The molecular weight excluding hydrogens is 238 g/mol. The molecule has 1 amide bonds. The third-order valence-corrected chi connectivity index (χ3v) is 3.75. The lowest BCUT2D eigenvalue weighted by atomic mass is 10.0. The maximum absolute atomic E-state index is 12.0. The van der Waals surface area contributed by atoms with Crippen molar-refractivity contribution in [3.63, 3.8) is 0 Å². The van der Waals surface area contributed by atoms with Crippen LogP contribution >= 0.6 is 0 Å². The monoisotopic (exact) mass is 261 g/mol. The van der Waals surface area contributed by atoms with E-state index in [-0.39, 0.29) is 5.91 Å². The van der Waals surface area contributed by atoms with Gasteiger partial charge in [-0.2, -0.15) is 0 Å². The van der Waals surface area contributed by atoms with Gasteiger partial charge in [0.05, 0.1) is 6.54 Å². The van der Waals surface area contributed by atoms with E-state index in [1.54, 1.807) is 4.90 Å². The molecule has 0 saturated heterocycles. The Morgan fingerprint density at radius 2 is 2.16 bits per heavy atom. The zero-order valence-electron chi connectivity index (χ0n) is 12.0. The molecule has 0 fully saturated rings. The number of fused-ring (bicyclic) bond motifs is 1. The first kappa shape index (κ1) is 13.9. The number of likely N-dealkylation sites (N-methyl/N-ethyl adjacent to an activating group) is 1. The topological polar surface area (TPSA) is 35.6 Å². The Morgan fingerprint density at radius 1 is 1.42 bits per heavy atom. The van der Waals surface area contributed by atoms with Gasteiger partial charge < -0.3 is 15.1 Å². The zero-order chi connectivity index (χ0) is 13.8. The number of carbonyl (C=O) groups excluding carboxylic acids is 1. The van der Waals surface area contributed by atoms with Crippen molar-refractivity contribution in [1.82, 2.24) is 10.2 Å². The van der Waals surface area contributed by atoms with E-state index in [9.17, 15) is 4.79 Å². The fraction of sp³-hybridized carbons (Fsp3) is 0.533. The molecule has 104 valence electrons. The summed E-state index contributed by atoms with van der Waals surface area (Å²) in [6.07, 6.45) is 2.21. The Kier molecular flexibility index (Phi) is 4.43. The Labute approximate surface area is 115 Å². The van der Waals surface area contributed by atoms with Gasteiger partial charge in [0.25, 0.3) is 0 Å². The summed E-state index contributed by atoms with van der Waals surface area (Å²) in [5.74, 6) is 0.151. The number of carbonyl (C=O) groups is 1. The van der Waals surface area contributed by atoms with Gasteiger partial charge in [0, 0.05) is 32.4 Å². The van der Waals surface area contributed by atoms with Gasteiger partial charge in [-0.3, -0.25) is 4.79 Å². The van der Waals surface area contributed by atoms with Gasteiger partial charge in [-0.25, -0.2) is 0 Å². The quantitative estimate of drug-likeness (QED) is 0.898. The molecule has 0 aliphatic carbocycles. The second-order valence-corrected chi connectivity index (χ2v) is 5.25. The van der Waals surface area contributed by atoms with Gasteiger partial charge in [-0.05, 0) is 31.5 Å². The maximum atomic E-state index is 12.0. The number of rotatable bonds is 3. The van der Waals surface area contributed by atoms with Gasteiger partial charge in [0.1, 0.15) is 0 Å². The van der Waals surface area contributed by atoms with Crippen LogP contribution in [0.3, 0.4) is 0 Å². The SMILES string of the molecule is CNC1CCCN(CC(=O)N(C)C)c2ccccc21. The highest BCUT2D eigenvalue weighted by atomic mass is 16.2. The van der Waals surface area contributed by atoms with Crippen molar-refractivity contribution in [2.24, 2.45) is 0 Å². The molecule has 4 heteroatoms. The lowest BCUT2D eigenvalue weighted by Gasteiger charge is -2.26. The fourth-order valence-electron chi connectivity index (χ4n) is 2.60.